The van der Waals surface area contributed by atoms with E-state index in [-0.39, 0.29) is 5.92 Å². The van der Waals surface area contributed by atoms with Crippen molar-refractivity contribution in [2.45, 2.75) is 52.1 Å². The van der Waals surface area contributed by atoms with Gasteiger partial charge in [0.15, 0.2) is 11.2 Å². The lowest BCUT2D eigenvalue weighted by molar-refractivity contribution is -0.152. The standard InChI is InChI=1S/C26H28N2O6/c1-15(2)23-20(27-24(32-23)18-8-6-7-9-21(18)31-5)13-12-19-17-11-10-16(14-22(17)34-28-19)33-26(3,4)25(29)30/h6-11,14-15H,12-13H2,1-5H3,(H,29,30). The molecule has 2 aromatic heterocycles. The highest BCUT2D eigenvalue weighted by Crippen LogP contribution is 2.33. The molecule has 0 radical (unpaired) electrons. The number of para-hydroxylation sites is 1. The Kier molecular flexibility index (Phi) is 6.32. The van der Waals surface area contributed by atoms with E-state index in [1.165, 1.54) is 13.8 Å². The first kappa shape index (κ1) is 23.4. The molecule has 0 spiro atoms. The van der Waals surface area contributed by atoms with E-state index in [9.17, 15) is 9.90 Å². The van der Waals surface area contributed by atoms with Crippen LogP contribution in [0.2, 0.25) is 0 Å². The van der Waals surface area contributed by atoms with Crippen LogP contribution in [0, 0.1) is 0 Å². The number of hydrogen-bond donors (Lipinski definition) is 1. The maximum atomic E-state index is 11.3. The molecule has 8 heteroatoms. The number of methoxy groups -OCH3 is 1. The fourth-order valence-corrected chi connectivity index (χ4v) is 3.72. The zero-order valence-electron chi connectivity index (χ0n) is 19.9. The number of hydrogen-bond acceptors (Lipinski definition) is 7. The van der Waals surface area contributed by atoms with E-state index in [0.717, 1.165) is 28.1 Å². The van der Waals surface area contributed by atoms with Crippen molar-refractivity contribution in [1.82, 2.24) is 10.1 Å². The number of aromatic nitrogens is 2. The summed E-state index contributed by atoms with van der Waals surface area (Å²) in [6, 6.07) is 12.9. The normalized spacial score (nSPS) is 11.8. The monoisotopic (exact) mass is 464 g/mol. The third-order valence-corrected chi connectivity index (χ3v) is 5.59. The minimum absolute atomic E-state index is 0.164. The predicted molar refractivity (Wildman–Crippen MR) is 126 cm³/mol. The minimum Gasteiger partial charge on any atom is -0.496 e. The molecule has 0 bridgehead atoms. The zero-order chi connectivity index (χ0) is 24.5. The number of carbonyl (C=O) groups is 1. The Morgan fingerprint density at radius 1 is 1.12 bits per heavy atom. The lowest BCUT2D eigenvalue weighted by atomic mass is 10.0. The summed E-state index contributed by atoms with van der Waals surface area (Å²) >= 11 is 0. The summed E-state index contributed by atoms with van der Waals surface area (Å²) < 4.78 is 22.7. The summed E-state index contributed by atoms with van der Waals surface area (Å²) in [6.07, 6.45) is 1.23. The number of aliphatic carboxylic acids is 1. The quantitative estimate of drug-likeness (QED) is 0.339. The summed E-state index contributed by atoms with van der Waals surface area (Å²) in [5, 5.41) is 14.4. The Morgan fingerprint density at radius 2 is 1.85 bits per heavy atom. The topological polar surface area (TPSA) is 108 Å². The van der Waals surface area contributed by atoms with E-state index in [0.29, 0.717) is 35.8 Å². The molecule has 0 aliphatic heterocycles. The highest BCUT2D eigenvalue weighted by molar-refractivity contribution is 5.81. The van der Waals surface area contributed by atoms with Gasteiger partial charge in [0.25, 0.3) is 0 Å². The third-order valence-electron chi connectivity index (χ3n) is 5.59. The van der Waals surface area contributed by atoms with Crippen LogP contribution in [-0.2, 0) is 17.6 Å². The van der Waals surface area contributed by atoms with E-state index < -0.39 is 11.6 Å². The molecule has 0 amide bonds. The summed E-state index contributed by atoms with van der Waals surface area (Å²) in [5.74, 6) is 1.59. The van der Waals surface area contributed by atoms with E-state index >= 15 is 0 Å². The smallest absolute Gasteiger partial charge is 0.347 e. The molecule has 34 heavy (non-hydrogen) atoms. The van der Waals surface area contributed by atoms with E-state index in [4.69, 9.17) is 23.4 Å². The highest BCUT2D eigenvalue weighted by Gasteiger charge is 2.29. The third kappa shape index (κ3) is 4.62. The molecule has 2 aromatic carbocycles. The number of fused-ring (bicyclic) bond motifs is 1. The van der Waals surface area contributed by atoms with Crippen LogP contribution in [0.1, 0.15) is 50.8 Å². The molecule has 0 saturated carbocycles. The van der Waals surface area contributed by atoms with Crippen molar-refractivity contribution in [3.63, 3.8) is 0 Å². The number of carboxylic acid groups (broad SMARTS) is 1. The van der Waals surface area contributed by atoms with Gasteiger partial charge in [-0.25, -0.2) is 9.78 Å². The van der Waals surface area contributed by atoms with Gasteiger partial charge >= 0.3 is 5.97 Å². The predicted octanol–water partition coefficient (Wildman–Crippen LogP) is 5.64. The molecule has 1 N–H and O–H groups in total. The maximum Gasteiger partial charge on any atom is 0.347 e. The average Bonchev–Trinajstić information content (AvgIpc) is 3.41. The average molecular weight is 465 g/mol. The van der Waals surface area contributed by atoms with Crippen molar-refractivity contribution >= 4 is 16.9 Å². The molecular weight excluding hydrogens is 436 g/mol. The van der Waals surface area contributed by atoms with Gasteiger partial charge in [-0.15, -0.1) is 0 Å². The Morgan fingerprint density at radius 3 is 2.56 bits per heavy atom. The Labute approximate surface area is 197 Å². The van der Waals surface area contributed by atoms with Crippen LogP contribution < -0.4 is 9.47 Å². The van der Waals surface area contributed by atoms with Gasteiger partial charge < -0.3 is 23.5 Å². The molecule has 4 aromatic rings. The zero-order valence-corrected chi connectivity index (χ0v) is 19.9. The SMILES string of the molecule is COc1ccccc1-c1nc(CCc2noc3cc(OC(C)(C)C(=O)O)ccc23)c(C(C)C)o1. The molecule has 0 fully saturated rings. The number of aryl methyl sites for hydroxylation is 2. The largest absolute Gasteiger partial charge is 0.496 e. The summed E-state index contributed by atoms with van der Waals surface area (Å²) in [5.41, 5.74) is 1.65. The van der Waals surface area contributed by atoms with Crippen molar-refractivity contribution in [3.05, 3.63) is 59.6 Å². The van der Waals surface area contributed by atoms with Crippen LogP contribution >= 0.6 is 0 Å². The Balaban J connectivity index is 1.57. The van der Waals surface area contributed by atoms with Crippen LogP contribution in [0.3, 0.4) is 0 Å². The molecule has 8 nitrogen and oxygen atoms in total. The second kappa shape index (κ2) is 9.21. The van der Waals surface area contributed by atoms with Crippen molar-refractivity contribution in [1.29, 1.82) is 0 Å². The van der Waals surface area contributed by atoms with Gasteiger partial charge in [-0.2, -0.15) is 0 Å². The molecule has 2 heterocycles. The van der Waals surface area contributed by atoms with Crippen molar-refractivity contribution < 1.29 is 28.3 Å². The van der Waals surface area contributed by atoms with Crippen molar-refractivity contribution in [2.24, 2.45) is 0 Å². The van der Waals surface area contributed by atoms with E-state index in [2.05, 4.69) is 19.0 Å². The molecule has 0 aliphatic carbocycles. The van der Waals surface area contributed by atoms with Crippen LogP contribution in [0.5, 0.6) is 11.5 Å². The van der Waals surface area contributed by atoms with Crippen molar-refractivity contribution in [2.75, 3.05) is 7.11 Å². The summed E-state index contributed by atoms with van der Waals surface area (Å²) in [7, 11) is 1.63. The first-order chi connectivity index (χ1) is 16.2. The van der Waals surface area contributed by atoms with Gasteiger partial charge in [0.2, 0.25) is 5.89 Å². The van der Waals surface area contributed by atoms with E-state index in [1.54, 1.807) is 19.2 Å². The number of benzene rings is 2. The lowest BCUT2D eigenvalue weighted by Crippen LogP contribution is -2.37. The highest BCUT2D eigenvalue weighted by atomic mass is 16.5. The van der Waals surface area contributed by atoms with Gasteiger partial charge in [-0.3, -0.25) is 0 Å². The maximum absolute atomic E-state index is 11.3. The molecule has 0 aliphatic rings. The van der Waals surface area contributed by atoms with Crippen LogP contribution in [0.4, 0.5) is 0 Å². The van der Waals surface area contributed by atoms with Gasteiger partial charge in [-0.05, 0) is 51.0 Å². The van der Waals surface area contributed by atoms with Gasteiger partial charge in [0, 0.05) is 17.4 Å². The van der Waals surface area contributed by atoms with Gasteiger partial charge in [0.1, 0.15) is 17.3 Å². The number of ether oxygens (including phenoxy) is 2. The first-order valence-electron chi connectivity index (χ1n) is 11.1. The van der Waals surface area contributed by atoms with E-state index in [1.807, 2.05) is 30.3 Å². The van der Waals surface area contributed by atoms with Gasteiger partial charge in [-0.1, -0.05) is 31.1 Å². The minimum atomic E-state index is -1.35. The van der Waals surface area contributed by atoms with Crippen LogP contribution in [0.15, 0.2) is 51.4 Å². The second-order valence-corrected chi connectivity index (χ2v) is 8.89. The Bertz CT molecular complexity index is 1320. The number of nitrogens with zero attached hydrogens (tertiary/aromatic N) is 2. The molecule has 0 unspecified atom stereocenters. The van der Waals surface area contributed by atoms with Gasteiger partial charge in [0.05, 0.1) is 24.1 Å². The lowest BCUT2D eigenvalue weighted by Gasteiger charge is -2.21. The fourth-order valence-electron chi connectivity index (χ4n) is 3.72. The number of carboxylic acids is 1. The number of rotatable bonds is 9. The molecule has 4 rings (SSSR count). The van der Waals surface area contributed by atoms with Crippen LogP contribution in [-0.4, -0.2) is 33.9 Å². The molecule has 0 atom stereocenters. The molecule has 178 valence electrons. The summed E-state index contributed by atoms with van der Waals surface area (Å²) in [6.45, 7) is 7.13. The molecular formula is C26H28N2O6. The van der Waals surface area contributed by atoms with Crippen LogP contribution in [0.25, 0.3) is 22.4 Å². The molecule has 0 saturated heterocycles. The van der Waals surface area contributed by atoms with Crippen molar-refractivity contribution in [3.8, 4) is 23.0 Å². The first-order valence-corrected chi connectivity index (χ1v) is 11.1. The second-order valence-electron chi connectivity index (χ2n) is 8.89. The fraction of sp³-hybridized carbons (Fsp3) is 0.346. The number of oxazole rings is 1. The summed E-state index contributed by atoms with van der Waals surface area (Å²) in [4.78, 5) is 16.1. The Hall–Kier alpha value is -3.81.